The van der Waals surface area contributed by atoms with Crippen LogP contribution < -0.4 is 4.74 Å². The number of halogens is 1. The molecule has 1 aromatic rings. The lowest BCUT2D eigenvalue weighted by Gasteiger charge is -2.01. The third-order valence-electron chi connectivity index (χ3n) is 1.19. The van der Waals surface area contributed by atoms with Crippen molar-refractivity contribution in [2.45, 2.75) is 6.92 Å². The Morgan fingerprint density at radius 1 is 1.67 bits per heavy atom. The maximum Gasteiger partial charge on any atom is 0.215 e. The van der Waals surface area contributed by atoms with Gasteiger partial charge in [0.05, 0.1) is 18.2 Å². The van der Waals surface area contributed by atoms with Crippen LogP contribution in [-0.4, -0.2) is 11.6 Å². The van der Waals surface area contributed by atoms with Crippen LogP contribution in [0.1, 0.15) is 12.5 Å². The first-order valence-electron chi connectivity index (χ1n) is 3.46. The number of aromatic nitrogens is 1. The van der Waals surface area contributed by atoms with Gasteiger partial charge in [0.1, 0.15) is 5.15 Å². The van der Waals surface area contributed by atoms with Crippen LogP contribution in [0.5, 0.6) is 5.88 Å². The zero-order valence-electron chi connectivity index (χ0n) is 6.54. The molecule has 0 aliphatic heterocycles. The maximum absolute atomic E-state index is 8.56. The summed E-state index contributed by atoms with van der Waals surface area (Å²) in [5, 5.41) is 8.84. The quantitative estimate of drug-likeness (QED) is 0.658. The molecule has 0 spiro atoms. The second-order valence-corrected chi connectivity index (χ2v) is 2.45. The molecule has 0 bridgehead atoms. The van der Waals surface area contributed by atoms with Gasteiger partial charge in [-0.2, -0.15) is 5.26 Å². The highest BCUT2D eigenvalue weighted by atomic mass is 35.5. The Kier molecular flexibility index (Phi) is 2.89. The molecule has 62 valence electrons. The van der Waals surface area contributed by atoms with E-state index in [-0.39, 0.29) is 5.15 Å². The van der Waals surface area contributed by atoms with Gasteiger partial charge in [-0.25, -0.2) is 4.98 Å². The lowest BCUT2D eigenvalue weighted by atomic mass is 10.3. The fraction of sp³-hybridized carbons (Fsp3) is 0.250. The van der Waals surface area contributed by atoms with Crippen molar-refractivity contribution in [1.82, 2.24) is 4.98 Å². The first-order valence-corrected chi connectivity index (χ1v) is 3.84. The van der Waals surface area contributed by atoms with Gasteiger partial charge in [0.25, 0.3) is 0 Å². The van der Waals surface area contributed by atoms with Crippen LogP contribution in [0, 0.1) is 11.3 Å². The van der Waals surface area contributed by atoms with Crippen LogP contribution in [0.3, 0.4) is 0 Å². The number of pyridine rings is 1. The Bertz CT molecular complexity index is 319. The summed E-state index contributed by atoms with van der Waals surface area (Å²) in [4.78, 5) is 3.86. The molecule has 4 heteroatoms. The molecule has 0 aliphatic carbocycles. The van der Waals surface area contributed by atoms with E-state index >= 15 is 0 Å². The maximum atomic E-state index is 8.56. The van der Waals surface area contributed by atoms with Crippen molar-refractivity contribution in [2.24, 2.45) is 0 Å². The normalized spacial score (nSPS) is 9.08. The standard InChI is InChI=1S/C8H7ClN2O/c1-2-12-8-4-6(5-10)3-7(9)11-8/h3-4H,2H2,1H3. The second-order valence-electron chi connectivity index (χ2n) is 2.06. The molecule has 0 aromatic carbocycles. The second kappa shape index (κ2) is 3.93. The first-order chi connectivity index (χ1) is 5.76. The predicted octanol–water partition coefficient (Wildman–Crippen LogP) is 2.01. The summed E-state index contributed by atoms with van der Waals surface area (Å²) in [6.45, 7) is 2.35. The minimum absolute atomic E-state index is 0.275. The van der Waals surface area contributed by atoms with Gasteiger partial charge in [0.15, 0.2) is 0 Å². The van der Waals surface area contributed by atoms with E-state index in [9.17, 15) is 0 Å². The topological polar surface area (TPSA) is 45.9 Å². The molecule has 0 amide bonds. The molecular weight excluding hydrogens is 176 g/mol. The highest BCUT2D eigenvalue weighted by molar-refractivity contribution is 6.29. The van der Waals surface area contributed by atoms with Gasteiger partial charge in [-0.15, -0.1) is 0 Å². The predicted molar refractivity (Wildman–Crippen MR) is 45.1 cm³/mol. The van der Waals surface area contributed by atoms with E-state index in [2.05, 4.69) is 4.98 Å². The highest BCUT2D eigenvalue weighted by Crippen LogP contribution is 2.15. The van der Waals surface area contributed by atoms with E-state index in [0.717, 1.165) is 0 Å². The van der Waals surface area contributed by atoms with E-state index in [1.807, 2.05) is 13.0 Å². The minimum atomic E-state index is 0.275. The zero-order chi connectivity index (χ0) is 8.97. The number of nitriles is 1. The average Bonchev–Trinajstić information content (AvgIpc) is 2.04. The van der Waals surface area contributed by atoms with E-state index in [0.29, 0.717) is 18.1 Å². The SMILES string of the molecule is CCOc1cc(C#N)cc(Cl)n1. The van der Waals surface area contributed by atoms with Crippen LogP contribution in [0.15, 0.2) is 12.1 Å². The number of rotatable bonds is 2. The zero-order valence-corrected chi connectivity index (χ0v) is 7.30. The van der Waals surface area contributed by atoms with E-state index in [4.69, 9.17) is 21.6 Å². The molecule has 0 unspecified atom stereocenters. The summed E-state index contributed by atoms with van der Waals surface area (Å²) < 4.78 is 5.08. The molecule has 3 nitrogen and oxygen atoms in total. The molecule has 0 radical (unpaired) electrons. The van der Waals surface area contributed by atoms with Crippen molar-refractivity contribution in [2.75, 3.05) is 6.61 Å². The molecule has 0 aliphatic rings. The summed E-state index contributed by atoms with van der Waals surface area (Å²) >= 11 is 5.62. The largest absolute Gasteiger partial charge is 0.478 e. The van der Waals surface area contributed by atoms with E-state index < -0.39 is 0 Å². The summed E-state index contributed by atoms with van der Waals surface area (Å²) in [6, 6.07) is 5.00. The molecule has 0 fully saturated rings. The summed E-state index contributed by atoms with van der Waals surface area (Å²) in [5.74, 6) is 0.390. The van der Waals surface area contributed by atoms with Crippen LogP contribution >= 0.6 is 11.6 Å². The highest BCUT2D eigenvalue weighted by Gasteiger charge is 2.00. The molecule has 1 aromatic heterocycles. The lowest BCUT2D eigenvalue weighted by Crippen LogP contribution is -1.94. The molecule has 0 atom stereocenters. The van der Waals surface area contributed by atoms with Gasteiger partial charge in [-0.05, 0) is 13.0 Å². The van der Waals surface area contributed by atoms with E-state index in [1.54, 1.807) is 6.07 Å². The van der Waals surface area contributed by atoms with Gasteiger partial charge in [0.2, 0.25) is 5.88 Å². The number of hydrogen-bond acceptors (Lipinski definition) is 3. The van der Waals surface area contributed by atoms with Gasteiger partial charge >= 0.3 is 0 Å². The Balaban J connectivity index is 3.00. The summed E-state index contributed by atoms with van der Waals surface area (Å²) in [5.41, 5.74) is 0.457. The molecule has 1 heterocycles. The van der Waals surface area contributed by atoms with Crippen LogP contribution in [0.2, 0.25) is 5.15 Å². The van der Waals surface area contributed by atoms with Crippen LogP contribution in [-0.2, 0) is 0 Å². The van der Waals surface area contributed by atoms with Crippen LogP contribution in [0.4, 0.5) is 0 Å². The van der Waals surface area contributed by atoms with Crippen molar-refractivity contribution in [1.29, 1.82) is 5.26 Å². The summed E-state index contributed by atoms with van der Waals surface area (Å²) in [6.07, 6.45) is 0. The average molecular weight is 183 g/mol. The Labute approximate surface area is 75.6 Å². The lowest BCUT2D eigenvalue weighted by molar-refractivity contribution is 0.327. The number of nitrogens with zero attached hydrogens (tertiary/aromatic N) is 2. The van der Waals surface area contributed by atoms with Crippen molar-refractivity contribution in [3.63, 3.8) is 0 Å². The molecule has 12 heavy (non-hydrogen) atoms. The molecule has 1 rings (SSSR count). The number of ether oxygens (including phenoxy) is 1. The third kappa shape index (κ3) is 2.11. The van der Waals surface area contributed by atoms with Crippen molar-refractivity contribution >= 4 is 11.6 Å². The molecule has 0 saturated carbocycles. The molecular formula is C8H7ClN2O. The van der Waals surface area contributed by atoms with Crippen molar-refractivity contribution in [3.05, 3.63) is 22.8 Å². The van der Waals surface area contributed by atoms with Crippen molar-refractivity contribution < 1.29 is 4.74 Å². The van der Waals surface area contributed by atoms with Gasteiger partial charge in [0, 0.05) is 6.07 Å². The van der Waals surface area contributed by atoms with Gasteiger partial charge < -0.3 is 4.74 Å². The number of hydrogen-bond donors (Lipinski definition) is 0. The van der Waals surface area contributed by atoms with Crippen molar-refractivity contribution in [3.8, 4) is 11.9 Å². The molecule has 0 N–H and O–H groups in total. The smallest absolute Gasteiger partial charge is 0.215 e. The van der Waals surface area contributed by atoms with Crippen LogP contribution in [0.25, 0.3) is 0 Å². The molecule has 0 saturated heterocycles. The Hall–Kier alpha value is -1.27. The van der Waals surface area contributed by atoms with E-state index in [1.165, 1.54) is 6.07 Å². The third-order valence-corrected chi connectivity index (χ3v) is 1.39. The Morgan fingerprint density at radius 3 is 3.00 bits per heavy atom. The fourth-order valence-electron chi connectivity index (χ4n) is 0.759. The summed E-state index contributed by atoms with van der Waals surface area (Å²) in [7, 11) is 0. The van der Waals surface area contributed by atoms with Gasteiger partial charge in [-0.1, -0.05) is 11.6 Å². The fourth-order valence-corrected chi connectivity index (χ4v) is 0.960. The minimum Gasteiger partial charge on any atom is -0.478 e. The van der Waals surface area contributed by atoms with Gasteiger partial charge in [-0.3, -0.25) is 0 Å². The monoisotopic (exact) mass is 182 g/mol. The first kappa shape index (κ1) is 8.82. The Morgan fingerprint density at radius 2 is 2.42 bits per heavy atom.